The van der Waals surface area contributed by atoms with Gasteiger partial charge in [-0.25, -0.2) is 4.98 Å². The molecule has 142 valence electrons. The van der Waals surface area contributed by atoms with Crippen LogP contribution in [0.2, 0.25) is 0 Å². The number of anilines is 1. The summed E-state index contributed by atoms with van der Waals surface area (Å²) in [5.41, 5.74) is 2.00. The van der Waals surface area contributed by atoms with Crippen molar-refractivity contribution in [2.24, 2.45) is 0 Å². The Balaban J connectivity index is 1.40. The molecule has 1 atom stereocenters. The Labute approximate surface area is 157 Å². The van der Waals surface area contributed by atoms with E-state index in [0.717, 1.165) is 47.2 Å². The number of fused-ring (bicyclic) bond motifs is 2. The second kappa shape index (κ2) is 7.75. The number of nitrogens with one attached hydrogen (secondary N) is 1. The standard InChI is InChI=1S/C20H23N3O4/c1-14(24)12-21-20-22-16-5-2-3-6-17(16)23(20)9-4-10-25-15-7-8-18-19(11-15)27-13-26-18/h2-3,5-8,11,14,24H,4,9-10,12-13H2,1H3,(H,21,22). The lowest BCUT2D eigenvalue weighted by atomic mass is 10.3. The number of para-hydroxylation sites is 2. The van der Waals surface area contributed by atoms with Crippen LogP contribution in [0.5, 0.6) is 17.2 Å². The minimum absolute atomic E-state index is 0.259. The zero-order chi connectivity index (χ0) is 18.6. The van der Waals surface area contributed by atoms with Crippen LogP contribution in [0.3, 0.4) is 0 Å². The summed E-state index contributed by atoms with van der Waals surface area (Å²) in [6, 6.07) is 13.6. The lowest BCUT2D eigenvalue weighted by Crippen LogP contribution is -2.18. The van der Waals surface area contributed by atoms with Crippen molar-refractivity contribution in [2.45, 2.75) is 26.0 Å². The molecule has 0 radical (unpaired) electrons. The molecule has 1 aromatic heterocycles. The van der Waals surface area contributed by atoms with Crippen molar-refractivity contribution in [3.63, 3.8) is 0 Å². The zero-order valence-corrected chi connectivity index (χ0v) is 15.2. The van der Waals surface area contributed by atoms with Crippen LogP contribution in [-0.2, 0) is 6.54 Å². The quantitative estimate of drug-likeness (QED) is 0.595. The van der Waals surface area contributed by atoms with Crippen molar-refractivity contribution in [1.29, 1.82) is 0 Å². The van der Waals surface area contributed by atoms with Gasteiger partial charge in [-0.15, -0.1) is 0 Å². The molecule has 3 aromatic rings. The number of hydrogen-bond acceptors (Lipinski definition) is 6. The maximum Gasteiger partial charge on any atom is 0.231 e. The van der Waals surface area contributed by atoms with Gasteiger partial charge in [-0.05, 0) is 37.6 Å². The number of imidazole rings is 1. The Bertz CT molecular complexity index is 923. The maximum atomic E-state index is 9.55. The second-order valence-electron chi connectivity index (χ2n) is 6.52. The molecule has 1 aliphatic rings. The summed E-state index contributed by atoms with van der Waals surface area (Å²) >= 11 is 0. The molecule has 4 rings (SSSR count). The van der Waals surface area contributed by atoms with E-state index < -0.39 is 6.10 Å². The monoisotopic (exact) mass is 369 g/mol. The molecule has 2 heterocycles. The Morgan fingerprint density at radius 2 is 2.07 bits per heavy atom. The van der Waals surface area contributed by atoms with Gasteiger partial charge >= 0.3 is 0 Å². The Morgan fingerprint density at radius 1 is 1.22 bits per heavy atom. The molecule has 2 N–H and O–H groups in total. The van der Waals surface area contributed by atoms with E-state index in [9.17, 15) is 5.11 Å². The summed E-state index contributed by atoms with van der Waals surface area (Å²) in [4.78, 5) is 4.63. The first kappa shape index (κ1) is 17.5. The van der Waals surface area contributed by atoms with E-state index in [2.05, 4.69) is 20.9 Å². The van der Waals surface area contributed by atoms with Crippen molar-refractivity contribution in [2.75, 3.05) is 25.3 Å². The van der Waals surface area contributed by atoms with Gasteiger partial charge in [-0.3, -0.25) is 0 Å². The van der Waals surface area contributed by atoms with Crippen LogP contribution in [0.4, 0.5) is 5.95 Å². The topological polar surface area (TPSA) is 77.8 Å². The van der Waals surface area contributed by atoms with Gasteiger partial charge in [0.05, 0.1) is 23.7 Å². The fraction of sp³-hybridized carbons (Fsp3) is 0.350. The van der Waals surface area contributed by atoms with Gasteiger partial charge in [0, 0.05) is 19.2 Å². The largest absolute Gasteiger partial charge is 0.493 e. The molecule has 2 aromatic carbocycles. The Kier molecular flexibility index (Phi) is 5.02. The molecule has 0 fully saturated rings. The first-order chi connectivity index (χ1) is 13.2. The summed E-state index contributed by atoms with van der Waals surface area (Å²) in [5.74, 6) is 3.00. The SMILES string of the molecule is CC(O)CNc1nc2ccccc2n1CCCOc1ccc2c(c1)OCO2. The molecule has 1 aliphatic heterocycles. The van der Waals surface area contributed by atoms with E-state index in [1.807, 2.05) is 36.4 Å². The van der Waals surface area contributed by atoms with E-state index in [1.165, 1.54) is 0 Å². The molecule has 1 unspecified atom stereocenters. The summed E-state index contributed by atoms with van der Waals surface area (Å²) in [6.07, 6.45) is 0.380. The first-order valence-electron chi connectivity index (χ1n) is 9.10. The van der Waals surface area contributed by atoms with Crippen LogP contribution in [-0.4, -0.2) is 40.7 Å². The molecule has 7 heteroatoms. The molecular formula is C20H23N3O4. The molecule has 0 amide bonds. The lowest BCUT2D eigenvalue weighted by molar-refractivity contribution is 0.173. The number of nitrogens with zero attached hydrogens (tertiary/aromatic N) is 2. The van der Waals surface area contributed by atoms with Crippen molar-refractivity contribution in [1.82, 2.24) is 9.55 Å². The fourth-order valence-corrected chi connectivity index (χ4v) is 3.06. The highest BCUT2D eigenvalue weighted by molar-refractivity contribution is 5.78. The van der Waals surface area contributed by atoms with Crippen molar-refractivity contribution < 1.29 is 19.3 Å². The van der Waals surface area contributed by atoms with Crippen molar-refractivity contribution in [3.8, 4) is 17.2 Å². The maximum absolute atomic E-state index is 9.55. The third-order valence-corrected chi connectivity index (χ3v) is 4.35. The van der Waals surface area contributed by atoms with E-state index in [0.29, 0.717) is 13.2 Å². The lowest BCUT2D eigenvalue weighted by Gasteiger charge is -2.12. The molecule has 0 spiro atoms. The second-order valence-corrected chi connectivity index (χ2v) is 6.52. The van der Waals surface area contributed by atoms with Crippen molar-refractivity contribution in [3.05, 3.63) is 42.5 Å². The van der Waals surface area contributed by atoms with Crippen molar-refractivity contribution >= 4 is 17.0 Å². The van der Waals surface area contributed by atoms with E-state index in [-0.39, 0.29) is 6.79 Å². The third kappa shape index (κ3) is 3.93. The molecule has 0 aliphatic carbocycles. The Morgan fingerprint density at radius 3 is 2.96 bits per heavy atom. The summed E-state index contributed by atoms with van der Waals surface area (Å²) in [7, 11) is 0. The number of aliphatic hydroxyl groups excluding tert-OH is 1. The number of aromatic nitrogens is 2. The molecule has 0 bridgehead atoms. The number of hydrogen-bond donors (Lipinski definition) is 2. The minimum Gasteiger partial charge on any atom is -0.493 e. The van der Waals surface area contributed by atoms with Crippen LogP contribution in [0.15, 0.2) is 42.5 Å². The fourth-order valence-electron chi connectivity index (χ4n) is 3.06. The van der Waals surface area contributed by atoms with Crippen LogP contribution in [0.25, 0.3) is 11.0 Å². The summed E-state index contributed by atoms with van der Waals surface area (Å²) in [5, 5.41) is 12.8. The smallest absolute Gasteiger partial charge is 0.231 e. The third-order valence-electron chi connectivity index (χ3n) is 4.35. The van der Waals surface area contributed by atoms with Crippen LogP contribution in [0, 0.1) is 0 Å². The average molecular weight is 369 g/mol. The van der Waals surface area contributed by atoms with Gasteiger partial charge in [-0.2, -0.15) is 0 Å². The van der Waals surface area contributed by atoms with E-state index in [4.69, 9.17) is 14.2 Å². The van der Waals surface area contributed by atoms with Gasteiger partial charge < -0.3 is 29.2 Å². The number of rotatable bonds is 8. The van der Waals surface area contributed by atoms with Crippen LogP contribution >= 0.6 is 0 Å². The average Bonchev–Trinajstić information content (AvgIpc) is 3.27. The predicted octanol–water partition coefficient (Wildman–Crippen LogP) is 3.03. The van der Waals surface area contributed by atoms with Gasteiger partial charge in [-0.1, -0.05) is 12.1 Å². The highest BCUT2D eigenvalue weighted by Gasteiger charge is 2.14. The van der Waals surface area contributed by atoms with Gasteiger partial charge in [0.15, 0.2) is 11.5 Å². The molecule has 27 heavy (non-hydrogen) atoms. The molecule has 0 saturated heterocycles. The highest BCUT2D eigenvalue weighted by Crippen LogP contribution is 2.35. The number of aliphatic hydroxyl groups is 1. The normalized spacial score (nSPS) is 13.7. The van der Waals surface area contributed by atoms with Crippen LogP contribution < -0.4 is 19.5 Å². The molecular weight excluding hydrogens is 346 g/mol. The molecule has 0 saturated carbocycles. The van der Waals surface area contributed by atoms with Gasteiger partial charge in [0.25, 0.3) is 0 Å². The number of ether oxygens (including phenoxy) is 3. The summed E-state index contributed by atoms with van der Waals surface area (Å²) in [6.45, 7) is 3.79. The first-order valence-corrected chi connectivity index (χ1v) is 9.10. The Hall–Kier alpha value is -2.93. The van der Waals surface area contributed by atoms with E-state index in [1.54, 1.807) is 6.92 Å². The minimum atomic E-state index is -0.437. The molecule has 7 nitrogen and oxygen atoms in total. The number of aryl methyl sites for hydroxylation is 1. The highest BCUT2D eigenvalue weighted by atomic mass is 16.7. The summed E-state index contributed by atoms with van der Waals surface area (Å²) < 4.78 is 18.7. The van der Waals surface area contributed by atoms with Crippen LogP contribution in [0.1, 0.15) is 13.3 Å². The zero-order valence-electron chi connectivity index (χ0n) is 15.2. The predicted molar refractivity (Wildman–Crippen MR) is 103 cm³/mol. The number of benzene rings is 2. The van der Waals surface area contributed by atoms with Gasteiger partial charge in [0.1, 0.15) is 5.75 Å². The van der Waals surface area contributed by atoms with Gasteiger partial charge in [0.2, 0.25) is 12.7 Å². The van der Waals surface area contributed by atoms with E-state index >= 15 is 0 Å².